The van der Waals surface area contributed by atoms with Gasteiger partial charge in [-0.05, 0) is 38.1 Å². The maximum atomic E-state index is 12.7. The van der Waals surface area contributed by atoms with Crippen molar-refractivity contribution in [3.05, 3.63) is 0 Å². The Bertz CT molecular complexity index is 709. The summed E-state index contributed by atoms with van der Waals surface area (Å²) in [6, 6.07) is -2.79. The molecule has 0 aromatic carbocycles. The molecule has 0 aromatic rings. The van der Waals surface area contributed by atoms with Crippen molar-refractivity contribution < 1.29 is 38.6 Å². The number of carbonyl (C=O) groups excluding carboxylic acids is 4. The number of nitrogens with two attached hydrogens (primary N) is 1. The number of nitrogens with one attached hydrogen (secondary N) is 1. The molecule has 1 aliphatic heterocycles. The Hall–Kier alpha value is -2.53. The normalized spacial score (nSPS) is 18.9. The van der Waals surface area contributed by atoms with Crippen LogP contribution in [0.1, 0.15) is 53.4 Å². The van der Waals surface area contributed by atoms with Gasteiger partial charge in [-0.2, -0.15) is 0 Å². The number of rotatable bonds is 12. The molecule has 0 aromatic heterocycles. The third-order valence-corrected chi connectivity index (χ3v) is 5.00. The van der Waals surface area contributed by atoms with Crippen molar-refractivity contribution in [3.63, 3.8) is 0 Å². The van der Waals surface area contributed by atoms with E-state index in [-0.39, 0.29) is 43.6 Å². The van der Waals surface area contributed by atoms with Gasteiger partial charge in [-0.25, -0.2) is 19.2 Å². The van der Waals surface area contributed by atoms with Gasteiger partial charge in [0.15, 0.2) is 0 Å². The number of hydrogen-bond donors (Lipinski definition) is 3. The van der Waals surface area contributed by atoms with Gasteiger partial charge in [0.25, 0.3) is 0 Å². The molecule has 1 unspecified atom stereocenters. The summed E-state index contributed by atoms with van der Waals surface area (Å²) in [7, 11) is 1.48. The molecule has 1 aliphatic rings. The first-order valence-corrected chi connectivity index (χ1v) is 10.8. The number of amides is 1. The van der Waals surface area contributed by atoms with E-state index in [9.17, 15) is 29.1 Å². The fourth-order valence-corrected chi connectivity index (χ4v) is 3.32. The van der Waals surface area contributed by atoms with Crippen molar-refractivity contribution in [1.82, 2.24) is 10.2 Å². The average molecular weight is 458 g/mol. The Morgan fingerprint density at radius 2 is 1.72 bits per heavy atom. The molecule has 1 fully saturated rings. The van der Waals surface area contributed by atoms with Crippen LogP contribution in [0.2, 0.25) is 0 Å². The molecule has 32 heavy (non-hydrogen) atoms. The lowest BCUT2D eigenvalue weighted by molar-refractivity contribution is -0.170. The van der Waals surface area contributed by atoms with Crippen molar-refractivity contribution in [3.8, 4) is 0 Å². The SMILES string of the molecule is CC(C)C[C@H](N)C(=O)OC(=O)[C@H](CC(C)C)N(C)CC(OC(=O)[C@@H]1CCC(=O)N1)C(=O)O. The van der Waals surface area contributed by atoms with Crippen LogP contribution in [-0.2, 0) is 33.4 Å². The zero-order valence-electron chi connectivity index (χ0n) is 19.3. The van der Waals surface area contributed by atoms with E-state index in [1.807, 2.05) is 27.7 Å². The quantitative estimate of drug-likeness (QED) is 0.269. The van der Waals surface area contributed by atoms with Gasteiger partial charge in [0.05, 0.1) is 0 Å². The highest BCUT2D eigenvalue weighted by atomic mass is 16.6. The second kappa shape index (κ2) is 12.5. The van der Waals surface area contributed by atoms with Gasteiger partial charge in [-0.3, -0.25) is 9.69 Å². The predicted octanol–water partition coefficient (Wildman–Crippen LogP) is 0.0511. The van der Waals surface area contributed by atoms with Crippen molar-refractivity contribution in [2.45, 2.75) is 77.6 Å². The zero-order valence-corrected chi connectivity index (χ0v) is 19.3. The average Bonchev–Trinajstić information content (AvgIpc) is 3.10. The maximum Gasteiger partial charge on any atom is 0.346 e. The summed E-state index contributed by atoms with van der Waals surface area (Å²) >= 11 is 0. The Kier molecular flexibility index (Phi) is 10.7. The number of ether oxygens (including phenoxy) is 2. The van der Waals surface area contributed by atoms with Crippen LogP contribution in [0.3, 0.4) is 0 Å². The third-order valence-electron chi connectivity index (χ3n) is 5.00. The lowest BCUT2D eigenvalue weighted by Gasteiger charge is -2.29. The lowest BCUT2D eigenvalue weighted by Crippen LogP contribution is -2.49. The molecule has 4 N–H and O–H groups in total. The van der Waals surface area contributed by atoms with Gasteiger partial charge in [0.1, 0.15) is 18.1 Å². The maximum absolute atomic E-state index is 12.7. The minimum Gasteiger partial charge on any atom is -0.478 e. The minimum absolute atomic E-state index is 0.0222. The molecule has 1 saturated heterocycles. The number of carboxylic acids is 1. The van der Waals surface area contributed by atoms with Crippen LogP contribution in [0.25, 0.3) is 0 Å². The van der Waals surface area contributed by atoms with Crippen molar-refractivity contribution in [2.75, 3.05) is 13.6 Å². The molecule has 4 atom stereocenters. The molecule has 0 spiro atoms. The molecular formula is C21H35N3O8. The Labute approximate surface area is 188 Å². The molecule has 1 heterocycles. The number of nitrogens with zero attached hydrogens (tertiary/aromatic N) is 1. The molecule has 11 heteroatoms. The van der Waals surface area contributed by atoms with Crippen LogP contribution in [0, 0.1) is 11.8 Å². The van der Waals surface area contributed by atoms with Crippen LogP contribution in [0.4, 0.5) is 0 Å². The molecule has 1 rings (SSSR count). The standard InChI is InChI=1S/C21H35N3O8/c1-11(2)8-13(22)19(28)32-21(30)15(9-12(3)4)24(5)10-16(18(26)27)31-20(29)14-6-7-17(25)23-14/h11-16H,6-10,22H2,1-5H3,(H,23,25)(H,26,27)/t13-,14-,15-,16?/m0/s1. The Balaban J connectivity index is 2.84. The highest BCUT2D eigenvalue weighted by Crippen LogP contribution is 2.16. The van der Waals surface area contributed by atoms with Crippen molar-refractivity contribution in [2.24, 2.45) is 17.6 Å². The van der Waals surface area contributed by atoms with E-state index in [1.165, 1.54) is 11.9 Å². The second-order valence-electron chi connectivity index (χ2n) is 8.98. The molecule has 1 amide bonds. The topological polar surface area (TPSA) is 165 Å². The molecule has 0 radical (unpaired) electrons. The van der Waals surface area contributed by atoms with Gasteiger partial charge in [-0.15, -0.1) is 0 Å². The number of carbonyl (C=O) groups is 5. The first-order valence-electron chi connectivity index (χ1n) is 10.8. The molecular weight excluding hydrogens is 422 g/mol. The van der Waals surface area contributed by atoms with E-state index >= 15 is 0 Å². The van der Waals surface area contributed by atoms with E-state index in [0.717, 1.165) is 0 Å². The summed E-state index contributed by atoms with van der Waals surface area (Å²) in [6.07, 6.45) is -0.563. The summed E-state index contributed by atoms with van der Waals surface area (Å²) in [5.41, 5.74) is 5.78. The second-order valence-corrected chi connectivity index (χ2v) is 8.98. The zero-order chi connectivity index (χ0) is 24.6. The predicted molar refractivity (Wildman–Crippen MR) is 113 cm³/mol. The van der Waals surface area contributed by atoms with E-state index in [4.69, 9.17) is 15.2 Å². The summed E-state index contributed by atoms with van der Waals surface area (Å²) < 4.78 is 10.0. The van der Waals surface area contributed by atoms with Crippen LogP contribution in [0.15, 0.2) is 0 Å². The van der Waals surface area contributed by atoms with Crippen LogP contribution >= 0.6 is 0 Å². The number of esters is 3. The van der Waals surface area contributed by atoms with Crippen LogP contribution in [0.5, 0.6) is 0 Å². The molecule has 0 aliphatic carbocycles. The highest BCUT2D eigenvalue weighted by Gasteiger charge is 2.36. The van der Waals surface area contributed by atoms with E-state index in [2.05, 4.69) is 5.32 Å². The van der Waals surface area contributed by atoms with Crippen molar-refractivity contribution in [1.29, 1.82) is 0 Å². The Morgan fingerprint density at radius 3 is 2.19 bits per heavy atom. The molecule has 0 bridgehead atoms. The summed E-state index contributed by atoms with van der Waals surface area (Å²) in [5, 5.41) is 11.9. The van der Waals surface area contributed by atoms with Crippen LogP contribution in [-0.4, -0.2) is 77.6 Å². The monoisotopic (exact) mass is 457 g/mol. The highest BCUT2D eigenvalue weighted by molar-refractivity contribution is 5.91. The summed E-state index contributed by atoms with van der Waals surface area (Å²) in [4.78, 5) is 61.4. The smallest absolute Gasteiger partial charge is 0.346 e. The van der Waals surface area contributed by atoms with Gasteiger partial charge >= 0.3 is 23.9 Å². The largest absolute Gasteiger partial charge is 0.478 e. The first kappa shape index (κ1) is 27.5. The van der Waals surface area contributed by atoms with E-state index in [1.54, 1.807) is 0 Å². The number of hydrogen-bond acceptors (Lipinski definition) is 9. The van der Waals surface area contributed by atoms with Gasteiger partial charge in [-0.1, -0.05) is 27.7 Å². The van der Waals surface area contributed by atoms with Crippen molar-refractivity contribution >= 4 is 29.8 Å². The lowest BCUT2D eigenvalue weighted by atomic mass is 10.0. The van der Waals surface area contributed by atoms with Gasteiger partial charge in [0.2, 0.25) is 12.0 Å². The van der Waals surface area contributed by atoms with Crippen LogP contribution < -0.4 is 11.1 Å². The van der Waals surface area contributed by atoms with E-state index < -0.39 is 48.1 Å². The molecule has 0 saturated carbocycles. The molecule has 11 nitrogen and oxygen atoms in total. The van der Waals surface area contributed by atoms with Gasteiger partial charge < -0.3 is 25.6 Å². The van der Waals surface area contributed by atoms with Gasteiger partial charge in [0, 0.05) is 13.0 Å². The summed E-state index contributed by atoms with van der Waals surface area (Å²) in [6.45, 7) is 7.17. The third kappa shape index (κ3) is 8.91. The Morgan fingerprint density at radius 1 is 1.12 bits per heavy atom. The molecule has 182 valence electrons. The first-order chi connectivity index (χ1) is 14.8. The summed E-state index contributed by atoms with van der Waals surface area (Å²) in [5.74, 6) is -4.09. The fourth-order valence-electron chi connectivity index (χ4n) is 3.32. The van der Waals surface area contributed by atoms with E-state index in [0.29, 0.717) is 6.42 Å². The minimum atomic E-state index is -1.58. The number of carboxylic acid groups (broad SMARTS) is 1. The number of likely N-dealkylation sites (N-methyl/N-ethyl adjacent to an activating group) is 1. The fraction of sp³-hybridized carbons (Fsp3) is 0.762. The number of aliphatic carboxylic acids is 1.